The number of halogens is 1. The van der Waals surface area contributed by atoms with Crippen LogP contribution in [0.5, 0.6) is 0 Å². The van der Waals surface area contributed by atoms with E-state index in [0.717, 1.165) is 27.8 Å². The molecule has 140 valence electrons. The first-order chi connectivity index (χ1) is 13.6. The van der Waals surface area contributed by atoms with Crippen molar-refractivity contribution in [2.24, 2.45) is 0 Å². The number of rotatable bonds is 5. The summed E-state index contributed by atoms with van der Waals surface area (Å²) < 4.78 is 1.80. The quantitative estimate of drug-likeness (QED) is 0.521. The molecule has 5 nitrogen and oxygen atoms in total. The molecule has 1 N–H and O–H groups in total. The van der Waals surface area contributed by atoms with Crippen LogP contribution in [-0.4, -0.2) is 20.9 Å². The Bertz CT molecular complexity index is 1120. The van der Waals surface area contributed by atoms with Gasteiger partial charge in [0.1, 0.15) is 5.52 Å². The number of nitrogens with one attached hydrogen (secondary N) is 1. The maximum absolute atomic E-state index is 12.8. The van der Waals surface area contributed by atoms with Gasteiger partial charge in [0.2, 0.25) is 5.91 Å². The molecular formula is C22H19ClN4O. The van der Waals surface area contributed by atoms with Crippen molar-refractivity contribution in [1.82, 2.24) is 15.0 Å². The van der Waals surface area contributed by atoms with E-state index >= 15 is 0 Å². The maximum Gasteiger partial charge on any atom is 0.226 e. The van der Waals surface area contributed by atoms with Crippen molar-refractivity contribution in [3.63, 3.8) is 0 Å². The SMILES string of the molecule is Cc1ccccc1NC(=O)CC(c1ccc(Cl)cc1)n1nnc2ccccc21. The molecule has 0 saturated heterocycles. The van der Waals surface area contributed by atoms with Gasteiger partial charge in [-0.15, -0.1) is 5.10 Å². The van der Waals surface area contributed by atoms with Crippen molar-refractivity contribution >= 4 is 34.2 Å². The summed E-state index contributed by atoms with van der Waals surface area (Å²) in [5, 5.41) is 12.2. The molecule has 4 aromatic rings. The highest BCUT2D eigenvalue weighted by Gasteiger charge is 2.22. The molecule has 1 atom stereocenters. The van der Waals surface area contributed by atoms with Crippen LogP contribution in [0.1, 0.15) is 23.6 Å². The lowest BCUT2D eigenvalue weighted by atomic mass is 10.0. The molecular weight excluding hydrogens is 372 g/mol. The monoisotopic (exact) mass is 390 g/mol. The van der Waals surface area contributed by atoms with E-state index in [1.165, 1.54) is 0 Å². The number of nitrogens with zero attached hydrogens (tertiary/aromatic N) is 3. The minimum Gasteiger partial charge on any atom is -0.326 e. The number of anilines is 1. The molecule has 0 aliphatic heterocycles. The fourth-order valence-electron chi connectivity index (χ4n) is 3.24. The van der Waals surface area contributed by atoms with Gasteiger partial charge in [-0.2, -0.15) is 0 Å². The van der Waals surface area contributed by atoms with Crippen molar-refractivity contribution in [2.45, 2.75) is 19.4 Å². The number of amides is 1. The van der Waals surface area contributed by atoms with E-state index in [9.17, 15) is 4.79 Å². The van der Waals surface area contributed by atoms with Crippen LogP contribution in [0.4, 0.5) is 5.69 Å². The Morgan fingerprint density at radius 2 is 1.75 bits per heavy atom. The highest BCUT2D eigenvalue weighted by atomic mass is 35.5. The van der Waals surface area contributed by atoms with E-state index in [0.29, 0.717) is 5.02 Å². The van der Waals surface area contributed by atoms with E-state index in [4.69, 9.17) is 11.6 Å². The Morgan fingerprint density at radius 3 is 2.54 bits per heavy atom. The second-order valence-corrected chi connectivity index (χ2v) is 7.09. The summed E-state index contributed by atoms with van der Waals surface area (Å²) in [5.74, 6) is -0.0890. The molecule has 1 aromatic heterocycles. The predicted octanol–water partition coefficient (Wildman–Crippen LogP) is 5.01. The largest absolute Gasteiger partial charge is 0.326 e. The number of para-hydroxylation sites is 2. The third-order valence-corrected chi connectivity index (χ3v) is 4.98. The third kappa shape index (κ3) is 3.75. The van der Waals surface area contributed by atoms with Gasteiger partial charge >= 0.3 is 0 Å². The molecule has 28 heavy (non-hydrogen) atoms. The van der Waals surface area contributed by atoms with E-state index < -0.39 is 0 Å². The standard InChI is InChI=1S/C22H19ClN4O/c1-15-6-2-3-7-18(15)24-22(28)14-21(16-10-12-17(23)13-11-16)27-20-9-5-4-8-19(20)25-26-27/h2-13,21H,14H2,1H3,(H,24,28). The van der Waals surface area contributed by atoms with Gasteiger partial charge in [-0.1, -0.05) is 59.3 Å². The summed E-state index contributed by atoms with van der Waals surface area (Å²) in [4.78, 5) is 12.8. The van der Waals surface area contributed by atoms with Crippen LogP contribution in [0.25, 0.3) is 11.0 Å². The van der Waals surface area contributed by atoms with E-state index in [2.05, 4.69) is 15.6 Å². The minimum absolute atomic E-state index is 0.0890. The lowest BCUT2D eigenvalue weighted by molar-refractivity contribution is -0.116. The van der Waals surface area contributed by atoms with Crippen LogP contribution in [0.2, 0.25) is 5.02 Å². The molecule has 0 aliphatic carbocycles. The number of aromatic nitrogens is 3. The number of hydrogen-bond donors (Lipinski definition) is 1. The summed E-state index contributed by atoms with van der Waals surface area (Å²) >= 11 is 6.05. The van der Waals surface area contributed by atoms with Crippen molar-refractivity contribution in [1.29, 1.82) is 0 Å². The lowest BCUT2D eigenvalue weighted by Gasteiger charge is -2.19. The van der Waals surface area contributed by atoms with Gasteiger partial charge in [-0.25, -0.2) is 4.68 Å². The molecule has 1 amide bonds. The van der Waals surface area contributed by atoms with Crippen LogP contribution in [-0.2, 0) is 4.79 Å². The zero-order valence-electron chi connectivity index (χ0n) is 15.3. The summed E-state index contributed by atoms with van der Waals surface area (Å²) in [6, 6.07) is 22.6. The Kier molecular flexibility index (Phi) is 5.08. The van der Waals surface area contributed by atoms with Crippen LogP contribution in [0.15, 0.2) is 72.8 Å². The zero-order valence-corrected chi connectivity index (χ0v) is 16.1. The molecule has 1 heterocycles. The van der Waals surface area contributed by atoms with Crippen LogP contribution < -0.4 is 5.32 Å². The maximum atomic E-state index is 12.8. The number of benzene rings is 3. The minimum atomic E-state index is -0.298. The van der Waals surface area contributed by atoms with Crippen LogP contribution in [0, 0.1) is 6.92 Å². The Hall–Kier alpha value is -3.18. The molecule has 0 aliphatic rings. The fourth-order valence-corrected chi connectivity index (χ4v) is 3.36. The number of aryl methyl sites for hydroxylation is 1. The number of fused-ring (bicyclic) bond motifs is 1. The van der Waals surface area contributed by atoms with Gasteiger partial charge < -0.3 is 5.32 Å². The number of carbonyl (C=O) groups excluding carboxylic acids is 1. The van der Waals surface area contributed by atoms with E-state index in [-0.39, 0.29) is 18.4 Å². The molecule has 0 spiro atoms. The Balaban J connectivity index is 1.68. The summed E-state index contributed by atoms with van der Waals surface area (Å²) in [5.41, 5.74) is 4.45. The van der Waals surface area contributed by atoms with Crippen LogP contribution >= 0.6 is 11.6 Å². The summed E-state index contributed by atoms with van der Waals surface area (Å²) in [6.07, 6.45) is 0.226. The Morgan fingerprint density at radius 1 is 1.04 bits per heavy atom. The highest BCUT2D eigenvalue weighted by Crippen LogP contribution is 2.27. The normalized spacial score (nSPS) is 12.1. The molecule has 0 bridgehead atoms. The first-order valence-corrected chi connectivity index (χ1v) is 9.40. The smallest absolute Gasteiger partial charge is 0.226 e. The molecule has 0 fully saturated rings. The van der Waals surface area contributed by atoms with Gasteiger partial charge in [-0.05, 0) is 48.4 Å². The Labute approximate surface area is 167 Å². The predicted molar refractivity (Wildman–Crippen MR) is 112 cm³/mol. The third-order valence-electron chi connectivity index (χ3n) is 4.73. The second-order valence-electron chi connectivity index (χ2n) is 6.66. The molecule has 4 rings (SSSR count). The second kappa shape index (κ2) is 7.82. The van der Waals surface area contributed by atoms with Crippen molar-refractivity contribution in [3.8, 4) is 0 Å². The van der Waals surface area contributed by atoms with Crippen molar-refractivity contribution < 1.29 is 4.79 Å². The van der Waals surface area contributed by atoms with Gasteiger partial charge in [0.05, 0.1) is 18.0 Å². The van der Waals surface area contributed by atoms with E-state index in [1.54, 1.807) is 4.68 Å². The zero-order chi connectivity index (χ0) is 19.5. The number of hydrogen-bond acceptors (Lipinski definition) is 3. The molecule has 1 unspecified atom stereocenters. The van der Waals surface area contributed by atoms with Gasteiger partial charge in [0.15, 0.2) is 0 Å². The van der Waals surface area contributed by atoms with Gasteiger partial charge in [0, 0.05) is 10.7 Å². The fraction of sp³-hybridized carbons (Fsp3) is 0.136. The van der Waals surface area contributed by atoms with Gasteiger partial charge in [0.25, 0.3) is 0 Å². The van der Waals surface area contributed by atoms with Crippen molar-refractivity contribution in [2.75, 3.05) is 5.32 Å². The van der Waals surface area contributed by atoms with Crippen LogP contribution in [0.3, 0.4) is 0 Å². The molecule has 0 radical (unpaired) electrons. The highest BCUT2D eigenvalue weighted by molar-refractivity contribution is 6.30. The molecule has 0 saturated carbocycles. The summed E-state index contributed by atoms with van der Waals surface area (Å²) in [6.45, 7) is 1.97. The van der Waals surface area contributed by atoms with Gasteiger partial charge in [-0.3, -0.25) is 4.79 Å². The van der Waals surface area contributed by atoms with E-state index in [1.807, 2.05) is 79.7 Å². The average molecular weight is 391 g/mol. The first-order valence-electron chi connectivity index (χ1n) is 9.03. The summed E-state index contributed by atoms with van der Waals surface area (Å²) in [7, 11) is 0. The molecule has 3 aromatic carbocycles. The topological polar surface area (TPSA) is 59.8 Å². The number of carbonyl (C=O) groups is 1. The average Bonchev–Trinajstić information content (AvgIpc) is 3.13. The van der Waals surface area contributed by atoms with Crippen molar-refractivity contribution in [3.05, 3.63) is 88.9 Å². The first kappa shape index (κ1) is 18.2. The molecule has 6 heteroatoms. The lowest BCUT2D eigenvalue weighted by Crippen LogP contribution is -2.21.